The predicted molar refractivity (Wildman–Crippen MR) is 99.3 cm³/mol. The first kappa shape index (κ1) is 16.8. The molecule has 3 aromatic rings. The van der Waals surface area contributed by atoms with Crippen LogP contribution in [-0.4, -0.2) is 20.2 Å². The van der Waals surface area contributed by atoms with Crippen LogP contribution in [0.1, 0.15) is 43.0 Å². The Balaban J connectivity index is 1.50. The quantitative estimate of drug-likeness (QED) is 0.580. The van der Waals surface area contributed by atoms with Gasteiger partial charge in [-0.2, -0.15) is 5.10 Å². The van der Waals surface area contributed by atoms with Gasteiger partial charge in [-0.1, -0.05) is 23.7 Å². The lowest BCUT2D eigenvalue weighted by Gasteiger charge is -2.16. The number of nitrogens with zero attached hydrogens (tertiary/aromatic N) is 3. The molecule has 4 rings (SSSR count). The molecule has 1 saturated carbocycles. The van der Waals surface area contributed by atoms with Gasteiger partial charge < -0.3 is 10.6 Å². The Morgan fingerprint density at radius 3 is 2.65 bits per heavy atom. The van der Waals surface area contributed by atoms with E-state index >= 15 is 0 Å². The molecule has 3 N–H and O–H groups in total. The van der Waals surface area contributed by atoms with Crippen LogP contribution in [0.5, 0.6) is 0 Å². The minimum Gasteiger partial charge on any atom is -0.362 e. The third-order valence-corrected chi connectivity index (χ3v) is 4.73. The van der Waals surface area contributed by atoms with Crippen LogP contribution in [-0.2, 0) is 0 Å². The molecule has 0 aliphatic heterocycles. The molecule has 0 unspecified atom stereocenters. The average molecular weight is 373 g/mol. The van der Waals surface area contributed by atoms with Crippen molar-refractivity contribution in [2.24, 2.45) is 0 Å². The van der Waals surface area contributed by atoms with Crippen molar-refractivity contribution in [1.29, 1.82) is 0 Å². The second kappa shape index (κ2) is 6.92. The zero-order valence-corrected chi connectivity index (χ0v) is 14.9. The molecule has 26 heavy (non-hydrogen) atoms. The fraction of sp³-hybridized carbons (Fsp3) is 0.278. The first-order chi connectivity index (χ1) is 12.6. The predicted octanol–water partition coefficient (Wildman–Crippen LogP) is 4.79. The summed E-state index contributed by atoms with van der Waals surface area (Å²) in [4.78, 5) is 8.41. The van der Waals surface area contributed by atoms with Gasteiger partial charge in [0, 0.05) is 23.7 Å². The van der Waals surface area contributed by atoms with Crippen molar-refractivity contribution in [3.05, 3.63) is 58.8 Å². The van der Waals surface area contributed by atoms with Crippen molar-refractivity contribution in [3.8, 4) is 0 Å². The number of aromatic amines is 1. The molecule has 1 aliphatic carbocycles. The topological polar surface area (TPSA) is 78.5 Å². The van der Waals surface area contributed by atoms with Gasteiger partial charge in [0.15, 0.2) is 17.5 Å². The summed E-state index contributed by atoms with van der Waals surface area (Å²) in [7, 11) is 0. The Labute approximate surface area is 155 Å². The zero-order chi connectivity index (χ0) is 18.1. The van der Waals surface area contributed by atoms with Crippen LogP contribution in [0.3, 0.4) is 0 Å². The monoisotopic (exact) mass is 372 g/mol. The second-order valence-corrected chi connectivity index (χ2v) is 6.79. The number of anilines is 3. The number of H-pyrrole nitrogens is 1. The molecule has 1 aliphatic rings. The number of aromatic nitrogens is 4. The van der Waals surface area contributed by atoms with Gasteiger partial charge in [-0.3, -0.25) is 5.10 Å². The van der Waals surface area contributed by atoms with Crippen molar-refractivity contribution < 1.29 is 4.39 Å². The summed E-state index contributed by atoms with van der Waals surface area (Å²) < 4.78 is 13.1. The molecule has 1 atom stereocenters. The lowest BCUT2D eigenvalue weighted by atomic mass is 10.1. The molecule has 8 heteroatoms. The summed E-state index contributed by atoms with van der Waals surface area (Å²) in [6, 6.07) is 8.19. The van der Waals surface area contributed by atoms with Gasteiger partial charge in [-0.25, -0.2) is 14.4 Å². The fourth-order valence-corrected chi connectivity index (χ4v) is 2.92. The lowest BCUT2D eigenvalue weighted by molar-refractivity contribution is 0.626. The lowest BCUT2D eigenvalue weighted by Crippen LogP contribution is -2.09. The SMILES string of the molecule is C[C@H](Nc1ncnc(Nc2cc(C3CC3)[nH]n2)c1Cl)c1ccc(F)cc1. The van der Waals surface area contributed by atoms with Crippen molar-refractivity contribution in [1.82, 2.24) is 20.2 Å². The van der Waals surface area contributed by atoms with Gasteiger partial charge in [0.05, 0.1) is 0 Å². The van der Waals surface area contributed by atoms with E-state index in [9.17, 15) is 4.39 Å². The molecule has 0 spiro atoms. The summed E-state index contributed by atoms with van der Waals surface area (Å²) in [6.07, 6.45) is 3.83. The van der Waals surface area contributed by atoms with Crippen molar-refractivity contribution in [2.45, 2.75) is 31.7 Å². The summed E-state index contributed by atoms with van der Waals surface area (Å²) >= 11 is 6.45. The van der Waals surface area contributed by atoms with E-state index in [1.54, 1.807) is 12.1 Å². The number of halogens is 2. The molecular formula is C18H18ClFN6. The molecule has 134 valence electrons. The Kier molecular flexibility index (Phi) is 4.46. The van der Waals surface area contributed by atoms with Gasteiger partial charge in [0.2, 0.25) is 0 Å². The third kappa shape index (κ3) is 3.62. The first-order valence-corrected chi connectivity index (χ1v) is 8.83. The Morgan fingerprint density at radius 1 is 1.19 bits per heavy atom. The van der Waals surface area contributed by atoms with Crippen LogP contribution in [0.2, 0.25) is 5.02 Å². The van der Waals surface area contributed by atoms with E-state index in [1.807, 2.05) is 13.0 Å². The van der Waals surface area contributed by atoms with Gasteiger partial charge >= 0.3 is 0 Å². The number of rotatable bonds is 6. The number of hydrogen-bond acceptors (Lipinski definition) is 5. The Hall–Kier alpha value is -2.67. The van der Waals surface area contributed by atoms with E-state index in [4.69, 9.17) is 11.6 Å². The summed E-state index contributed by atoms with van der Waals surface area (Å²) in [5.74, 6) is 1.97. The number of benzene rings is 1. The molecule has 1 fully saturated rings. The molecule has 0 bridgehead atoms. The molecule has 2 heterocycles. The average Bonchev–Trinajstić information content (AvgIpc) is 3.38. The van der Waals surface area contributed by atoms with Crippen molar-refractivity contribution >= 4 is 29.1 Å². The van der Waals surface area contributed by atoms with E-state index in [2.05, 4.69) is 30.8 Å². The van der Waals surface area contributed by atoms with E-state index in [-0.39, 0.29) is 11.9 Å². The molecule has 2 aromatic heterocycles. The highest BCUT2D eigenvalue weighted by Gasteiger charge is 2.25. The third-order valence-electron chi connectivity index (χ3n) is 4.37. The molecule has 0 saturated heterocycles. The fourth-order valence-electron chi connectivity index (χ4n) is 2.72. The van der Waals surface area contributed by atoms with Crippen LogP contribution in [0.15, 0.2) is 36.7 Å². The molecular weight excluding hydrogens is 355 g/mol. The van der Waals surface area contributed by atoms with E-state index in [1.165, 1.54) is 31.3 Å². The maximum absolute atomic E-state index is 13.1. The Morgan fingerprint density at radius 2 is 1.92 bits per heavy atom. The van der Waals surface area contributed by atoms with Gasteiger partial charge in [0.1, 0.15) is 17.2 Å². The number of hydrogen-bond donors (Lipinski definition) is 3. The van der Waals surface area contributed by atoms with E-state index in [0.29, 0.717) is 28.4 Å². The van der Waals surface area contributed by atoms with Crippen molar-refractivity contribution in [2.75, 3.05) is 10.6 Å². The maximum atomic E-state index is 13.1. The van der Waals surface area contributed by atoms with Crippen LogP contribution >= 0.6 is 11.6 Å². The highest BCUT2D eigenvalue weighted by molar-refractivity contribution is 6.35. The van der Waals surface area contributed by atoms with Crippen LogP contribution in [0.25, 0.3) is 0 Å². The summed E-state index contributed by atoms with van der Waals surface area (Å²) in [5, 5.41) is 14.0. The van der Waals surface area contributed by atoms with Crippen LogP contribution in [0.4, 0.5) is 21.8 Å². The van der Waals surface area contributed by atoms with Gasteiger partial charge in [-0.15, -0.1) is 0 Å². The van der Waals surface area contributed by atoms with Crippen LogP contribution in [0, 0.1) is 5.82 Å². The zero-order valence-electron chi connectivity index (χ0n) is 14.1. The van der Waals surface area contributed by atoms with Crippen LogP contribution < -0.4 is 10.6 Å². The molecule has 1 aromatic carbocycles. The maximum Gasteiger partial charge on any atom is 0.156 e. The molecule has 6 nitrogen and oxygen atoms in total. The second-order valence-electron chi connectivity index (χ2n) is 6.41. The largest absolute Gasteiger partial charge is 0.362 e. The minimum atomic E-state index is -0.267. The minimum absolute atomic E-state index is 0.0947. The van der Waals surface area contributed by atoms with E-state index < -0.39 is 0 Å². The Bertz CT molecular complexity index is 906. The smallest absolute Gasteiger partial charge is 0.156 e. The summed E-state index contributed by atoms with van der Waals surface area (Å²) in [6.45, 7) is 1.95. The summed E-state index contributed by atoms with van der Waals surface area (Å²) in [5.41, 5.74) is 2.05. The van der Waals surface area contributed by atoms with E-state index in [0.717, 1.165) is 11.3 Å². The molecule has 0 radical (unpaired) electrons. The van der Waals surface area contributed by atoms with Gasteiger partial charge in [0.25, 0.3) is 0 Å². The first-order valence-electron chi connectivity index (χ1n) is 8.45. The highest BCUT2D eigenvalue weighted by Crippen LogP contribution is 2.40. The van der Waals surface area contributed by atoms with Crippen molar-refractivity contribution in [3.63, 3.8) is 0 Å². The normalized spacial score (nSPS) is 14.9. The standard InChI is InChI=1S/C18H18ClFN6/c1-10(11-4-6-13(20)7-5-11)23-17-16(19)18(22-9-21-17)24-15-8-14(25-26-15)12-2-3-12/h4-10,12H,2-3H2,1H3,(H3,21,22,23,24,25,26)/t10-/m0/s1. The number of nitrogens with one attached hydrogen (secondary N) is 3. The molecule has 0 amide bonds. The van der Waals surface area contributed by atoms with Gasteiger partial charge in [-0.05, 0) is 37.5 Å². The highest BCUT2D eigenvalue weighted by atomic mass is 35.5.